The zero-order chi connectivity index (χ0) is 9.26. The minimum Gasteiger partial charge on any atom is -0.147 e. The first kappa shape index (κ1) is 9.54. The molecule has 1 fully saturated rings. The average Bonchev–Trinajstić information content (AvgIpc) is 2.48. The lowest BCUT2D eigenvalue weighted by Crippen LogP contribution is -2.04. The smallest absolute Gasteiger partial charge is 0.0550 e. The molecule has 72 valence electrons. The second-order valence-electron chi connectivity index (χ2n) is 3.89. The van der Waals surface area contributed by atoms with E-state index >= 15 is 0 Å². The number of hydrogen-bond acceptors (Lipinski definition) is 1. The Hall–Kier alpha value is -0.0100. The van der Waals surface area contributed by atoms with Crippen molar-refractivity contribution in [3.05, 3.63) is 20.8 Å². The van der Waals surface area contributed by atoms with Gasteiger partial charge in [-0.25, -0.2) is 0 Å². The van der Waals surface area contributed by atoms with Crippen molar-refractivity contribution in [3.63, 3.8) is 0 Å². The first-order chi connectivity index (χ1) is 6.29. The summed E-state index contributed by atoms with van der Waals surface area (Å²) < 4.78 is 0. The molecular weight excluding hydrogens is 200 g/mol. The molecule has 0 N–H and O–H groups in total. The van der Waals surface area contributed by atoms with Crippen molar-refractivity contribution >= 4 is 22.9 Å². The van der Waals surface area contributed by atoms with Crippen LogP contribution in [0, 0.1) is 6.92 Å². The van der Waals surface area contributed by atoms with Gasteiger partial charge in [0.1, 0.15) is 0 Å². The van der Waals surface area contributed by atoms with Crippen LogP contribution in [0.25, 0.3) is 0 Å². The molecule has 0 unspecified atom stereocenters. The molecule has 0 amide bonds. The Morgan fingerprint density at radius 2 is 2.00 bits per heavy atom. The summed E-state index contributed by atoms with van der Waals surface area (Å²) in [6, 6.07) is 0. The van der Waals surface area contributed by atoms with Crippen molar-refractivity contribution in [3.8, 4) is 0 Å². The predicted molar refractivity (Wildman–Crippen MR) is 59.9 cm³/mol. The molecule has 0 aromatic carbocycles. The van der Waals surface area contributed by atoms with E-state index in [0.717, 1.165) is 10.9 Å². The van der Waals surface area contributed by atoms with Crippen LogP contribution >= 0.6 is 22.9 Å². The van der Waals surface area contributed by atoms with Crippen molar-refractivity contribution in [2.24, 2.45) is 0 Å². The maximum Gasteiger partial charge on any atom is 0.0550 e. The molecule has 0 atom stereocenters. The highest BCUT2D eigenvalue weighted by molar-refractivity contribution is 7.10. The first-order valence-electron chi connectivity index (χ1n) is 5.02. The molecule has 0 nitrogen and oxygen atoms in total. The second-order valence-corrected chi connectivity index (χ2v) is 5.38. The highest BCUT2D eigenvalue weighted by atomic mass is 35.5. The van der Waals surface area contributed by atoms with E-state index in [2.05, 4.69) is 12.3 Å². The third-order valence-corrected chi connectivity index (χ3v) is 4.36. The quantitative estimate of drug-likeness (QED) is 0.633. The summed E-state index contributed by atoms with van der Waals surface area (Å²) in [4.78, 5) is 1.43. The lowest BCUT2D eigenvalue weighted by Gasteiger charge is -2.22. The predicted octanol–water partition coefficient (Wildman–Crippen LogP) is 4.76. The van der Waals surface area contributed by atoms with Crippen LogP contribution in [0.2, 0.25) is 5.02 Å². The van der Waals surface area contributed by atoms with Gasteiger partial charge in [0.25, 0.3) is 0 Å². The van der Waals surface area contributed by atoms with Crippen molar-refractivity contribution in [2.45, 2.75) is 44.9 Å². The van der Waals surface area contributed by atoms with Crippen LogP contribution in [0.3, 0.4) is 0 Å². The van der Waals surface area contributed by atoms with E-state index in [1.165, 1.54) is 42.5 Å². The Kier molecular flexibility index (Phi) is 2.95. The summed E-state index contributed by atoms with van der Waals surface area (Å²) in [5.41, 5.74) is 1.45. The van der Waals surface area contributed by atoms with Crippen molar-refractivity contribution in [1.29, 1.82) is 0 Å². The maximum atomic E-state index is 6.19. The first-order valence-corrected chi connectivity index (χ1v) is 6.28. The normalized spacial score (nSPS) is 19.2. The highest BCUT2D eigenvalue weighted by Gasteiger charge is 2.20. The molecular formula is C11H15ClS. The lowest BCUT2D eigenvalue weighted by atomic mass is 9.84. The summed E-state index contributed by atoms with van der Waals surface area (Å²) in [6.45, 7) is 2.19. The summed E-state index contributed by atoms with van der Waals surface area (Å²) in [5, 5.41) is 3.09. The van der Waals surface area contributed by atoms with Crippen molar-refractivity contribution in [1.82, 2.24) is 0 Å². The number of thiophene rings is 1. The minimum absolute atomic E-state index is 0.757. The largest absolute Gasteiger partial charge is 0.147 e. The molecule has 1 aliphatic carbocycles. The fourth-order valence-electron chi connectivity index (χ4n) is 2.31. The fraction of sp³-hybridized carbons (Fsp3) is 0.636. The van der Waals surface area contributed by atoms with Gasteiger partial charge in [-0.3, -0.25) is 0 Å². The van der Waals surface area contributed by atoms with Gasteiger partial charge in [-0.2, -0.15) is 0 Å². The van der Waals surface area contributed by atoms with E-state index in [1.54, 1.807) is 11.3 Å². The van der Waals surface area contributed by atoms with Crippen LogP contribution in [0.1, 0.15) is 48.5 Å². The van der Waals surface area contributed by atoms with Crippen LogP contribution in [-0.2, 0) is 0 Å². The van der Waals surface area contributed by atoms with Gasteiger partial charge >= 0.3 is 0 Å². The number of hydrogen-bond donors (Lipinski definition) is 0. The summed E-state index contributed by atoms with van der Waals surface area (Å²) >= 11 is 7.98. The third kappa shape index (κ3) is 1.92. The average molecular weight is 215 g/mol. The molecule has 0 spiro atoms. The third-order valence-electron chi connectivity index (χ3n) is 2.99. The van der Waals surface area contributed by atoms with E-state index in [9.17, 15) is 0 Å². The standard InChI is InChI=1S/C11H15ClS/c1-8-11(10(12)7-13-8)9-5-3-2-4-6-9/h7,9H,2-6H2,1H3. The van der Waals surface area contributed by atoms with Gasteiger partial charge < -0.3 is 0 Å². The summed E-state index contributed by atoms with van der Waals surface area (Å²) in [6.07, 6.45) is 6.87. The molecule has 0 radical (unpaired) electrons. The molecule has 0 saturated heterocycles. The molecule has 1 saturated carbocycles. The Labute approximate surface area is 88.9 Å². The monoisotopic (exact) mass is 214 g/mol. The number of aryl methyl sites for hydroxylation is 1. The molecule has 1 aliphatic rings. The molecule has 1 aromatic heterocycles. The van der Waals surface area contributed by atoms with E-state index in [0.29, 0.717) is 0 Å². The molecule has 1 heterocycles. The molecule has 0 bridgehead atoms. The molecule has 13 heavy (non-hydrogen) atoms. The fourth-order valence-corrected chi connectivity index (χ4v) is 3.61. The Bertz CT molecular complexity index is 265. The second kappa shape index (κ2) is 4.02. The van der Waals surface area contributed by atoms with Gasteiger partial charge in [0.2, 0.25) is 0 Å². The van der Waals surface area contributed by atoms with Crippen LogP contribution in [0.15, 0.2) is 5.38 Å². The Balaban J connectivity index is 2.22. The summed E-state index contributed by atoms with van der Waals surface area (Å²) in [5.74, 6) is 0.757. The van der Waals surface area contributed by atoms with E-state index in [-0.39, 0.29) is 0 Å². The van der Waals surface area contributed by atoms with Crippen LogP contribution in [-0.4, -0.2) is 0 Å². The molecule has 2 heteroatoms. The van der Waals surface area contributed by atoms with Gasteiger partial charge in [-0.1, -0.05) is 30.9 Å². The SMILES string of the molecule is Cc1scc(Cl)c1C1CCCCC1. The summed E-state index contributed by atoms with van der Waals surface area (Å²) in [7, 11) is 0. The zero-order valence-corrected chi connectivity index (χ0v) is 9.55. The lowest BCUT2D eigenvalue weighted by molar-refractivity contribution is 0.443. The van der Waals surface area contributed by atoms with Crippen LogP contribution < -0.4 is 0 Å². The molecule has 2 rings (SSSR count). The molecule has 1 aromatic rings. The van der Waals surface area contributed by atoms with Gasteiger partial charge in [-0.15, -0.1) is 11.3 Å². The van der Waals surface area contributed by atoms with Crippen LogP contribution in [0.5, 0.6) is 0 Å². The van der Waals surface area contributed by atoms with Gasteiger partial charge in [0, 0.05) is 10.3 Å². The van der Waals surface area contributed by atoms with Crippen molar-refractivity contribution in [2.75, 3.05) is 0 Å². The van der Waals surface area contributed by atoms with Crippen molar-refractivity contribution < 1.29 is 0 Å². The van der Waals surface area contributed by atoms with E-state index < -0.39 is 0 Å². The van der Waals surface area contributed by atoms with Gasteiger partial charge in [-0.05, 0) is 31.2 Å². The van der Waals surface area contributed by atoms with Gasteiger partial charge in [0.05, 0.1) is 5.02 Å². The Morgan fingerprint density at radius 3 is 2.54 bits per heavy atom. The van der Waals surface area contributed by atoms with E-state index in [1.807, 2.05) is 0 Å². The highest BCUT2D eigenvalue weighted by Crippen LogP contribution is 2.40. The van der Waals surface area contributed by atoms with Crippen LogP contribution in [0.4, 0.5) is 0 Å². The topological polar surface area (TPSA) is 0 Å². The number of halogens is 1. The van der Waals surface area contributed by atoms with E-state index in [4.69, 9.17) is 11.6 Å². The zero-order valence-electron chi connectivity index (χ0n) is 7.98. The Morgan fingerprint density at radius 1 is 1.31 bits per heavy atom. The maximum absolute atomic E-state index is 6.19. The number of rotatable bonds is 1. The van der Waals surface area contributed by atoms with Gasteiger partial charge in [0.15, 0.2) is 0 Å². The minimum atomic E-state index is 0.757. The molecule has 0 aliphatic heterocycles.